The maximum atomic E-state index is 12.8. The number of hydrazine groups is 1. The lowest BCUT2D eigenvalue weighted by Crippen LogP contribution is -2.61. The molecule has 4 atom stereocenters. The number of carbonyl (C=O) groups is 3. The van der Waals surface area contributed by atoms with Crippen molar-refractivity contribution in [3.63, 3.8) is 0 Å². The van der Waals surface area contributed by atoms with E-state index in [1.807, 2.05) is 0 Å². The van der Waals surface area contributed by atoms with Gasteiger partial charge in [-0.05, 0) is 44.8 Å². The van der Waals surface area contributed by atoms with Crippen LogP contribution in [0.15, 0.2) is 0 Å². The Morgan fingerprint density at radius 2 is 1.79 bits per heavy atom. The van der Waals surface area contributed by atoms with Crippen LogP contribution in [0, 0.1) is 0 Å². The van der Waals surface area contributed by atoms with Crippen LogP contribution in [0.3, 0.4) is 0 Å². The molecule has 0 radical (unpaired) electrons. The first-order valence-corrected chi connectivity index (χ1v) is 14.9. The molecule has 0 bridgehead atoms. The number of amides is 2. The van der Waals surface area contributed by atoms with Crippen molar-refractivity contribution in [1.29, 1.82) is 0 Å². The third kappa shape index (κ3) is 9.50. The molecule has 0 aromatic carbocycles. The first kappa shape index (κ1) is 30.4. The van der Waals surface area contributed by atoms with E-state index >= 15 is 0 Å². The lowest BCUT2D eigenvalue weighted by Gasteiger charge is -2.39. The van der Waals surface area contributed by atoms with Gasteiger partial charge in [-0.1, -0.05) is 55.6 Å². The van der Waals surface area contributed by atoms with Gasteiger partial charge in [0.2, 0.25) is 9.70 Å². The predicted octanol–water partition coefficient (Wildman–Crippen LogP) is 2.64. The number of alkyl halides is 3. The van der Waals surface area contributed by atoms with Crippen molar-refractivity contribution in [3.8, 4) is 0 Å². The van der Waals surface area contributed by atoms with E-state index in [1.54, 1.807) is 13.8 Å². The van der Waals surface area contributed by atoms with Gasteiger partial charge >= 0.3 is 5.97 Å². The second-order valence-electron chi connectivity index (χ2n) is 9.88. The molecule has 2 amide bonds. The molecule has 1 aliphatic rings. The molecule has 1 heterocycles. The Hall–Kier alpha value is -0.623. The number of hydrogen-bond donors (Lipinski definition) is 3. The molecule has 192 valence electrons. The third-order valence-electron chi connectivity index (χ3n) is 5.94. The highest BCUT2D eigenvalue weighted by molar-refractivity contribution is 6.74. The van der Waals surface area contributed by atoms with Crippen LogP contribution in [-0.2, 0) is 23.5 Å². The summed E-state index contributed by atoms with van der Waals surface area (Å²) in [6, 6.07) is -2.57. The van der Waals surface area contributed by atoms with Crippen LogP contribution in [0.1, 0.15) is 47.5 Å². The summed E-state index contributed by atoms with van der Waals surface area (Å²) in [6.07, 6.45) is 0.499. The SMILES string of the molecule is C[C@H](NC(=O)[C@@H](N)[C@@H](C)O[Si](C)(C)C(C)(C)C)C(=O)N1CCC[C@@H](C(=O)OCC(Cl)(Cl)Cl)N1. The lowest BCUT2D eigenvalue weighted by atomic mass is 10.1. The fraction of sp³-hybridized carbons (Fsp3) is 0.850. The molecular formula is C20H37Cl3N4O5Si. The van der Waals surface area contributed by atoms with E-state index in [0.717, 1.165) is 0 Å². The highest BCUT2D eigenvalue weighted by Crippen LogP contribution is 2.37. The topological polar surface area (TPSA) is 123 Å². The molecule has 1 rings (SSSR count). The quantitative estimate of drug-likeness (QED) is 0.242. The lowest BCUT2D eigenvalue weighted by molar-refractivity contribution is -0.152. The van der Waals surface area contributed by atoms with E-state index in [0.29, 0.717) is 19.4 Å². The maximum Gasteiger partial charge on any atom is 0.325 e. The Labute approximate surface area is 212 Å². The Balaban J connectivity index is 2.65. The standard InChI is InChI=1S/C20H37Cl3N4O5Si/c1-12(25-16(28)15(24)13(2)32-33(6,7)19(3,4)5)17(29)27-10-8-9-14(26-27)18(30)31-11-20(21,22)23/h12-15,26H,8-11,24H2,1-7H3,(H,25,28)/t12-,13+,14-,15-/m0/s1. The molecule has 1 aliphatic heterocycles. The minimum Gasteiger partial charge on any atom is -0.460 e. The van der Waals surface area contributed by atoms with Crippen molar-refractivity contribution >= 4 is 60.9 Å². The molecule has 1 fully saturated rings. The average molecular weight is 548 g/mol. The number of esters is 1. The Morgan fingerprint density at radius 1 is 1.21 bits per heavy atom. The van der Waals surface area contributed by atoms with E-state index in [-0.39, 0.29) is 5.04 Å². The van der Waals surface area contributed by atoms with Crippen molar-refractivity contribution in [2.45, 2.75) is 93.6 Å². The van der Waals surface area contributed by atoms with Crippen molar-refractivity contribution in [3.05, 3.63) is 0 Å². The first-order chi connectivity index (χ1) is 14.9. The smallest absolute Gasteiger partial charge is 0.325 e. The monoisotopic (exact) mass is 546 g/mol. The summed E-state index contributed by atoms with van der Waals surface area (Å²) in [5.74, 6) is -1.53. The molecule has 0 spiro atoms. The van der Waals surface area contributed by atoms with Crippen LogP contribution in [0.25, 0.3) is 0 Å². The second-order valence-corrected chi connectivity index (χ2v) is 17.1. The van der Waals surface area contributed by atoms with Gasteiger partial charge in [0, 0.05) is 6.54 Å². The molecule has 33 heavy (non-hydrogen) atoms. The van der Waals surface area contributed by atoms with Crippen LogP contribution in [0.2, 0.25) is 18.1 Å². The van der Waals surface area contributed by atoms with Crippen LogP contribution in [-0.4, -0.2) is 72.3 Å². The summed E-state index contributed by atoms with van der Waals surface area (Å²) in [5, 5.41) is 3.90. The van der Waals surface area contributed by atoms with Gasteiger partial charge in [-0.25, -0.2) is 5.43 Å². The summed E-state index contributed by atoms with van der Waals surface area (Å²) >= 11 is 16.8. The molecule has 0 unspecified atom stereocenters. The zero-order chi connectivity index (χ0) is 25.8. The van der Waals surface area contributed by atoms with Crippen molar-refractivity contribution in [2.75, 3.05) is 13.2 Å². The van der Waals surface area contributed by atoms with Crippen molar-refractivity contribution in [2.24, 2.45) is 5.73 Å². The summed E-state index contributed by atoms with van der Waals surface area (Å²) in [6.45, 7) is 13.7. The van der Waals surface area contributed by atoms with Gasteiger partial charge in [-0.3, -0.25) is 19.4 Å². The molecule has 4 N–H and O–H groups in total. The van der Waals surface area contributed by atoms with Crippen LogP contribution < -0.4 is 16.5 Å². The fourth-order valence-corrected chi connectivity index (χ4v) is 4.50. The zero-order valence-corrected chi connectivity index (χ0v) is 23.6. The second kappa shape index (κ2) is 11.9. The van der Waals surface area contributed by atoms with E-state index in [2.05, 4.69) is 44.6 Å². The Kier molecular flexibility index (Phi) is 10.9. The number of hydrogen-bond acceptors (Lipinski definition) is 7. The molecule has 13 heteroatoms. The third-order valence-corrected chi connectivity index (χ3v) is 10.8. The van der Waals surface area contributed by atoms with Gasteiger partial charge in [0.15, 0.2) is 8.32 Å². The molecule has 0 saturated carbocycles. The van der Waals surface area contributed by atoms with Crippen LogP contribution in [0.5, 0.6) is 0 Å². The number of rotatable bonds is 8. The molecular weight excluding hydrogens is 511 g/mol. The van der Waals surface area contributed by atoms with Crippen molar-refractivity contribution < 1.29 is 23.5 Å². The average Bonchev–Trinajstić information content (AvgIpc) is 2.68. The Morgan fingerprint density at radius 3 is 2.30 bits per heavy atom. The number of halogens is 3. The van der Waals surface area contributed by atoms with Crippen molar-refractivity contribution in [1.82, 2.24) is 15.8 Å². The van der Waals surface area contributed by atoms with E-state index in [4.69, 9.17) is 49.7 Å². The largest absolute Gasteiger partial charge is 0.460 e. The number of carbonyl (C=O) groups excluding carboxylic acids is 3. The number of nitrogens with zero attached hydrogens (tertiary/aromatic N) is 1. The summed E-state index contributed by atoms with van der Waals surface area (Å²) < 4.78 is 9.47. The molecule has 1 saturated heterocycles. The van der Waals surface area contributed by atoms with Gasteiger partial charge < -0.3 is 20.2 Å². The maximum absolute atomic E-state index is 12.8. The Bertz CT molecular complexity index is 715. The summed E-state index contributed by atoms with van der Waals surface area (Å²) in [7, 11) is -2.12. The van der Waals surface area contributed by atoms with Gasteiger partial charge in [0.25, 0.3) is 5.91 Å². The highest BCUT2D eigenvalue weighted by atomic mass is 35.6. The van der Waals surface area contributed by atoms with Gasteiger partial charge in [0.1, 0.15) is 24.7 Å². The number of ether oxygens (including phenoxy) is 1. The number of nitrogens with two attached hydrogens (primary N) is 1. The zero-order valence-electron chi connectivity index (χ0n) is 20.3. The van der Waals surface area contributed by atoms with Gasteiger partial charge in [-0.2, -0.15) is 0 Å². The molecule has 0 aromatic rings. The minimum atomic E-state index is -2.12. The van der Waals surface area contributed by atoms with Crippen LogP contribution in [0.4, 0.5) is 0 Å². The summed E-state index contributed by atoms with van der Waals surface area (Å²) in [4.78, 5) is 37.7. The minimum absolute atomic E-state index is 0.0306. The van der Waals surface area contributed by atoms with Gasteiger partial charge in [-0.15, -0.1) is 0 Å². The first-order valence-electron chi connectivity index (χ1n) is 10.9. The predicted molar refractivity (Wildman–Crippen MR) is 132 cm³/mol. The molecule has 9 nitrogen and oxygen atoms in total. The number of nitrogens with one attached hydrogen (secondary N) is 2. The van der Waals surface area contributed by atoms with E-state index in [1.165, 1.54) is 5.01 Å². The van der Waals surface area contributed by atoms with E-state index in [9.17, 15) is 14.4 Å². The van der Waals surface area contributed by atoms with E-state index < -0.39 is 60.7 Å². The summed E-state index contributed by atoms with van der Waals surface area (Å²) in [5.41, 5.74) is 8.94. The highest BCUT2D eigenvalue weighted by Gasteiger charge is 2.40. The fourth-order valence-electron chi connectivity index (χ4n) is 2.90. The normalized spacial score (nSPS) is 20.6. The molecule has 0 aliphatic carbocycles. The van der Waals surface area contributed by atoms with Crippen LogP contribution >= 0.6 is 34.8 Å². The molecule has 0 aromatic heterocycles. The van der Waals surface area contributed by atoms with Gasteiger partial charge in [0.05, 0.1) is 6.10 Å².